The molecule has 9 heteroatoms. The van der Waals surface area contributed by atoms with Crippen molar-refractivity contribution in [2.24, 2.45) is 0 Å². The van der Waals surface area contributed by atoms with Crippen molar-refractivity contribution in [3.8, 4) is 28.8 Å². The molecule has 4 aromatic rings. The van der Waals surface area contributed by atoms with E-state index in [4.69, 9.17) is 14.5 Å². The van der Waals surface area contributed by atoms with Gasteiger partial charge in [0.15, 0.2) is 0 Å². The van der Waals surface area contributed by atoms with Crippen LogP contribution in [0.15, 0.2) is 61.2 Å². The first kappa shape index (κ1) is 22.6. The Kier molecular flexibility index (Phi) is 6.46. The predicted molar refractivity (Wildman–Crippen MR) is 130 cm³/mol. The van der Waals surface area contributed by atoms with Crippen molar-refractivity contribution in [2.75, 3.05) is 24.6 Å². The van der Waals surface area contributed by atoms with Gasteiger partial charge in [0.05, 0.1) is 29.6 Å². The molecule has 0 amide bonds. The van der Waals surface area contributed by atoms with Gasteiger partial charge in [0, 0.05) is 55.5 Å². The molecule has 35 heavy (non-hydrogen) atoms. The van der Waals surface area contributed by atoms with Gasteiger partial charge in [0.1, 0.15) is 30.3 Å². The number of hydrogen-bond acceptors (Lipinski definition) is 8. The highest BCUT2D eigenvalue weighted by Gasteiger charge is 2.22. The van der Waals surface area contributed by atoms with E-state index in [1.165, 1.54) is 6.20 Å². The predicted octanol–water partition coefficient (Wildman–Crippen LogP) is 3.47. The summed E-state index contributed by atoms with van der Waals surface area (Å²) in [4.78, 5) is 11.2. The van der Waals surface area contributed by atoms with Crippen molar-refractivity contribution in [2.45, 2.75) is 32.0 Å². The van der Waals surface area contributed by atoms with Crippen molar-refractivity contribution in [3.63, 3.8) is 0 Å². The zero-order chi connectivity index (χ0) is 24.2. The van der Waals surface area contributed by atoms with Crippen molar-refractivity contribution < 1.29 is 14.6 Å². The molecule has 0 aromatic carbocycles. The van der Waals surface area contributed by atoms with E-state index < -0.39 is 6.10 Å². The molecule has 178 valence electrons. The van der Waals surface area contributed by atoms with E-state index in [-0.39, 0.29) is 12.7 Å². The van der Waals surface area contributed by atoms with Gasteiger partial charge in [-0.1, -0.05) is 6.07 Å². The first-order valence-corrected chi connectivity index (χ1v) is 11.6. The maximum Gasteiger partial charge on any atom is 0.213 e. The molecule has 0 radical (unpaired) electrons. The number of nitriles is 1. The van der Waals surface area contributed by atoms with Crippen LogP contribution in [0.5, 0.6) is 11.6 Å². The number of ether oxygens (including phenoxy) is 2. The fourth-order valence-corrected chi connectivity index (χ4v) is 4.22. The third-order valence-corrected chi connectivity index (χ3v) is 5.95. The number of fused-ring (bicyclic) bond motifs is 1. The Labute approximate surface area is 203 Å². The summed E-state index contributed by atoms with van der Waals surface area (Å²) in [5.41, 5.74) is 2.82. The summed E-state index contributed by atoms with van der Waals surface area (Å²) in [6.07, 6.45) is 8.13. The van der Waals surface area contributed by atoms with E-state index in [2.05, 4.69) is 21.1 Å². The molecule has 1 saturated heterocycles. The van der Waals surface area contributed by atoms with Gasteiger partial charge in [-0.2, -0.15) is 10.4 Å². The highest BCUT2D eigenvalue weighted by molar-refractivity contribution is 5.85. The number of anilines is 1. The fourth-order valence-electron chi connectivity index (χ4n) is 4.22. The molecule has 0 spiro atoms. The average molecular weight is 471 g/mol. The van der Waals surface area contributed by atoms with Gasteiger partial charge in [-0.15, -0.1) is 0 Å². The molecule has 5 rings (SSSR count). The number of rotatable bonds is 7. The van der Waals surface area contributed by atoms with E-state index in [1.54, 1.807) is 23.8 Å². The normalized spacial score (nSPS) is 15.1. The fraction of sp³-hybridized carbons (Fsp3) is 0.308. The lowest BCUT2D eigenvalue weighted by molar-refractivity contribution is 0.122. The largest absolute Gasteiger partial charge is 0.489 e. The SMILES string of the molecule is C[C@H](O)COc1cc(-c2ccc(N3CCC(Oc4ccccn4)CC3)nc2)c2c(C#N)cnn2c1. The minimum atomic E-state index is -0.596. The van der Waals surface area contributed by atoms with Crippen LogP contribution < -0.4 is 14.4 Å². The number of hydrogen-bond donors (Lipinski definition) is 1. The summed E-state index contributed by atoms with van der Waals surface area (Å²) in [7, 11) is 0. The highest BCUT2D eigenvalue weighted by Crippen LogP contribution is 2.32. The summed E-state index contributed by atoms with van der Waals surface area (Å²) >= 11 is 0. The number of pyridine rings is 3. The molecule has 1 N–H and O–H groups in total. The van der Waals surface area contributed by atoms with Crippen LogP contribution in [-0.2, 0) is 0 Å². The standard InChI is InChI=1S/C26H26N6O3/c1-18(33)17-34-22-12-23(26-20(13-27)15-30-32(26)16-22)19-5-6-24(29-14-19)31-10-7-21(8-11-31)35-25-4-2-3-9-28-25/h2-6,9,12,14-16,18,21,33H,7-8,10-11,17H2,1H3/t18-/m0/s1. The molecule has 1 aliphatic heterocycles. The molecular formula is C26H26N6O3. The smallest absolute Gasteiger partial charge is 0.213 e. The van der Waals surface area contributed by atoms with Crippen LogP contribution in [-0.4, -0.2) is 56.6 Å². The van der Waals surface area contributed by atoms with Gasteiger partial charge in [-0.3, -0.25) is 0 Å². The number of aliphatic hydroxyl groups excluding tert-OH is 1. The van der Waals surface area contributed by atoms with Crippen molar-refractivity contribution in [3.05, 3.63) is 66.7 Å². The van der Waals surface area contributed by atoms with Crippen LogP contribution in [0.3, 0.4) is 0 Å². The maximum atomic E-state index is 9.58. The summed E-state index contributed by atoms with van der Waals surface area (Å²) in [5, 5.41) is 23.4. The third kappa shape index (κ3) is 5.03. The Hall–Kier alpha value is -4.16. The minimum Gasteiger partial charge on any atom is -0.489 e. The molecule has 1 fully saturated rings. The number of piperidine rings is 1. The van der Waals surface area contributed by atoms with Gasteiger partial charge in [0.25, 0.3) is 0 Å². The molecule has 0 unspecified atom stereocenters. The monoisotopic (exact) mass is 470 g/mol. The Morgan fingerprint density at radius 1 is 1.17 bits per heavy atom. The van der Waals surface area contributed by atoms with E-state index in [9.17, 15) is 10.4 Å². The molecule has 1 aliphatic rings. The molecular weight excluding hydrogens is 444 g/mol. The third-order valence-electron chi connectivity index (χ3n) is 5.95. The van der Waals surface area contributed by atoms with Gasteiger partial charge in [-0.25, -0.2) is 14.5 Å². The second kappa shape index (κ2) is 9.99. The second-order valence-corrected chi connectivity index (χ2v) is 8.59. The lowest BCUT2D eigenvalue weighted by Crippen LogP contribution is -2.38. The quantitative estimate of drug-likeness (QED) is 0.437. The van der Waals surface area contributed by atoms with Crippen LogP contribution in [0.25, 0.3) is 16.6 Å². The number of aliphatic hydroxyl groups is 1. The summed E-state index contributed by atoms with van der Waals surface area (Å²) < 4.78 is 13.3. The first-order chi connectivity index (χ1) is 17.1. The Bertz CT molecular complexity index is 1320. The lowest BCUT2D eigenvalue weighted by Gasteiger charge is -2.32. The van der Waals surface area contributed by atoms with Crippen LogP contribution in [0, 0.1) is 11.3 Å². The van der Waals surface area contributed by atoms with Crippen molar-refractivity contribution >= 4 is 11.3 Å². The van der Waals surface area contributed by atoms with Gasteiger partial charge in [0.2, 0.25) is 5.88 Å². The molecule has 1 atom stereocenters. The zero-order valence-corrected chi connectivity index (χ0v) is 19.4. The van der Waals surface area contributed by atoms with Crippen molar-refractivity contribution in [1.82, 2.24) is 19.6 Å². The Balaban J connectivity index is 1.33. The molecule has 0 bridgehead atoms. The molecule has 0 saturated carbocycles. The Morgan fingerprint density at radius 3 is 2.71 bits per heavy atom. The molecule has 5 heterocycles. The average Bonchev–Trinajstić information content (AvgIpc) is 3.31. The van der Waals surface area contributed by atoms with Crippen LogP contribution in [0.1, 0.15) is 25.3 Å². The lowest BCUT2D eigenvalue weighted by atomic mass is 10.0. The number of nitrogens with zero attached hydrogens (tertiary/aromatic N) is 6. The zero-order valence-electron chi connectivity index (χ0n) is 19.4. The Morgan fingerprint density at radius 2 is 2.03 bits per heavy atom. The summed E-state index contributed by atoms with van der Waals surface area (Å²) in [5.74, 6) is 2.12. The maximum absolute atomic E-state index is 9.58. The first-order valence-electron chi connectivity index (χ1n) is 11.6. The minimum absolute atomic E-state index is 0.143. The summed E-state index contributed by atoms with van der Waals surface area (Å²) in [6, 6.07) is 13.7. The highest BCUT2D eigenvalue weighted by atomic mass is 16.5. The van der Waals surface area contributed by atoms with E-state index in [1.807, 2.05) is 42.6 Å². The molecule has 9 nitrogen and oxygen atoms in total. The van der Waals surface area contributed by atoms with Gasteiger partial charge >= 0.3 is 0 Å². The van der Waals surface area contributed by atoms with E-state index in [0.717, 1.165) is 42.9 Å². The van der Waals surface area contributed by atoms with Gasteiger partial charge in [-0.05, 0) is 31.2 Å². The van der Waals surface area contributed by atoms with E-state index >= 15 is 0 Å². The van der Waals surface area contributed by atoms with Crippen LogP contribution >= 0.6 is 0 Å². The second-order valence-electron chi connectivity index (χ2n) is 8.59. The van der Waals surface area contributed by atoms with Crippen molar-refractivity contribution in [1.29, 1.82) is 5.26 Å². The van der Waals surface area contributed by atoms with Crippen LogP contribution in [0.4, 0.5) is 5.82 Å². The molecule has 4 aromatic heterocycles. The van der Waals surface area contributed by atoms with Gasteiger partial charge < -0.3 is 19.5 Å². The van der Waals surface area contributed by atoms with E-state index in [0.29, 0.717) is 22.7 Å². The summed E-state index contributed by atoms with van der Waals surface area (Å²) in [6.45, 7) is 3.52. The number of aromatic nitrogens is 4. The van der Waals surface area contributed by atoms with Crippen LogP contribution in [0.2, 0.25) is 0 Å². The topological polar surface area (TPSA) is 109 Å². The molecule has 0 aliphatic carbocycles.